The normalized spacial score (nSPS) is 10.8. The Morgan fingerprint density at radius 1 is 1.00 bits per heavy atom. The van der Waals surface area contributed by atoms with Crippen LogP contribution in [0, 0.1) is 0 Å². The fourth-order valence-electron chi connectivity index (χ4n) is 3.00. The van der Waals surface area contributed by atoms with Gasteiger partial charge in [0, 0.05) is 34.6 Å². The molecule has 10 heteroatoms. The molecule has 31 heavy (non-hydrogen) atoms. The number of hydrogen-bond donors (Lipinski definition) is 2. The number of aromatic amines is 1. The van der Waals surface area contributed by atoms with Gasteiger partial charge in [-0.05, 0) is 30.3 Å². The predicted octanol–water partition coefficient (Wildman–Crippen LogP) is 3.65. The minimum absolute atomic E-state index is 0.120. The van der Waals surface area contributed by atoms with E-state index in [1.54, 1.807) is 42.5 Å². The van der Waals surface area contributed by atoms with Crippen molar-refractivity contribution in [3.63, 3.8) is 0 Å². The van der Waals surface area contributed by atoms with Crippen molar-refractivity contribution in [3.05, 3.63) is 97.2 Å². The molecular weight excluding hydrogens is 443 g/mol. The first-order valence-electron chi connectivity index (χ1n) is 8.82. The monoisotopic (exact) mass is 454 g/mol. The number of carboxylic acid groups (broad SMARTS) is 1. The second-order valence-corrected chi connectivity index (χ2v) is 7.24. The maximum absolute atomic E-state index is 12.8. The van der Waals surface area contributed by atoms with E-state index in [1.165, 1.54) is 16.8 Å². The summed E-state index contributed by atoms with van der Waals surface area (Å²) in [5.41, 5.74) is -0.342. The van der Waals surface area contributed by atoms with E-state index in [2.05, 4.69) is 15.0 Å². The number of benzene rings is 2. The van der Waals surface area contributed by atoms with Crippen molar-refractivity contribution in [1.29, 1.82) is 0 Å². The molecule has 154 valence electrons. The highest BCUT2D eigenvalue weighted by molar-refractivity contribution is 6.32. The molecule has 0 bridgehead atoms. The first-order valence-corrected chi connectivity index (χ1v) is 9.57. The van der Waals surface area contributed by atoms with Gasteiger partial charge in [-0.3, -0.25) is 14.2 Å². The van der Waals surface area contributed by atoms with Crippen LogP contribution in [0.5, 0.6) is 0 Å². The smallest absolute Gasteiger partial charge is 0.342 e. The molecule has 0 aliphatic carbocycles. The molecule has 0 aliphatic heterocycles. The van der Waals surface area contributed by atoms with Crippen LogP contribution in [0.3, 0.4) is 0 Å². The van der Waals surface area contributed by atoms with Crippen molar-refractivity contribution >= 4 is 29.2 Å². The number of halogens is 2. The highest BCUT2D eigenvalue weighted by Crippen LogP contribution is 2.29. The molecule has 0 fully saturated rings. The van der Waals surface area contributed by atoms with Crippen LogP contribution in [0.15, 0.2) is 70.5 Å². The largest absolute Gasteiger partial charge is 0.477 e. The van der Waals surface area contributed by atoms with Crippen molar-refractivity contribution < 1.29 is 9.90 Å². The number of rotatable bonds is 4. The van der Waals surface area contributed by atoms with Crippen LogP contribution >= 0.6 is 23.2 Å². The fourth-order valence-corrected chi connectivity index (χ4v) is 3.39. The zero-order chi connectivity index (χ0) is 22.1. The summed E-state index contributed by atoms with van der Waals surface area (Å²) in [5, 5.41) is 9.74. The highest BCUT2D eigenvalue weighted by Gasteiger charge is 2.16. The quantitative estimate of drug-likeness (QED) is 0.485. The van der Waals surface area contributed by atoms with Crippen LogP contribution in [0.25, 0.3) is 28.5 Å². The van der Waals surface area contributed by atoms with E-state index >= 15 is 0 Å². The Hall–Kier alpha value is -3.75. The molecule has 0 amide bonds. The lowest BCUT2D eigenvalue weighted by Gasteiger charge is -2.14. The topological polar surface area (TPSA) is 118 Å². The van der Waals surface area contributed by atoms with E-state index in [0.29, 0.717) is 27.7 Å². The molecule has 0 unspecified atom stereocenters. The standard InChI is InChI=1S/C21H12Cl2N4O4/c22-13-3-1-2-12(8-13)19-24-7-6-17(28)27(19)16-9-11(4-5-15(16)23)18-25-10-14(21(30)31)20(29)26-18/h1-10H,(H,30,31)(H,25,26,29). The molecule has 2 N–H and O–H groups in total. The maximum atomic E-state index is 12.8. The van der Waals surface area contributed by atoms with Gasteiger partial charge in [0.2, 0.25) is 0 Å². The second kappa shape index (κ2) is 8.17. The molecule has 0 atom stereocenters. The summed E-state index contributed by atoms with van der Waals surface area (Å²) in [6.45, 7) is 0. The molecule has 0 radical (unpaired) electrons. The Balaban J connectivity index is 1.92. The first-order chi connectivity index (χ1) is 14.8. The van der Waals surface area contributed by atoms with Crippen LogP contribution < -0.4 is 11.1 Å². The van der Waals surface area contributed by atoms with Crippen LogP contribution in [0.4, 0.5) is 0 Å². The summed E-state index contributed by atoms with van der Waals surface area (Å²) in [7, 11) is 0. The van der Waals surface area contributed by atoms with Crippen molar-refractivity contribution in [2.45, 2.75) is 0 Å². The van der Waals surface area contributed by atoms with E-state index in [-0.39, 0.29) is 16.4 Å². The van der Waals surface area contributed by atoms with Gasteiger partial charge in [-0.2, -0.15) is 0 Å². The highest BCUT2D eigenvalue weighted by atomic mass is 35.5. The van der Waals surface area contributed by atoms with Crippen molar-refractivity contribution in [2.24, 2.45) is 0 Å². The van der Waals surface area contributed by atoms with Gasteiger partial charge in [0.25, 0.3) is 11.1 Å². The summed E-state index contributed by atoms with van der Waals surface area (Å²) in [6, 6.07) is 12.8. The van der Waals surface area contributed by atoms with Gasteiger partial charge < -0.3 is 10.1 Å². The Labute approximate surface area is 184 Å². The average Bonchev–Trinajstić information content (AvgIpc) is 2.74. The second-order valence-electron chi connectivity index (χ2n) is 6.40. The Morgan fingerprint density at radius 2 is 1.81 bits per heavy atom. The van der Waals surface area contributed by atoms with E-state index in [0.717, 1.165) is 6.20 Å². The van der Waals surface area contributed by atoms with Crippen LogP contribution in [0.1, 0.15) is 10.4 Å². The lowest BCUT2D eigenvalue weighted by Crippen LogP contribution is -2.21. The lowest BCUT2D eigenvalue weighted by molar-refractivity contribution is 0.0694. The third kappa shape index (κ3) is 3.98. The van der Waals surface area contributed by atoms with E-state index in [9.17, 15) is 14.4 Å². The molecule has 0 saturated carbocycles. The SMILES string of the molecule is O=C(O)c1cnc(-c2ccc(Cl)c(-n3c(-c4cccc(Cl)c4)nccc3=O)c2)[nH]c1=O. The van der Waals surface area contributed by atoms with Crippen molar-refractivity contribution in [3.8, 4) is 28.5 Å². The van der Waals surface area contributed by atoms with Gasteiger partial charge in [-0.1, -0.05) is 35.3 Å². The molecule has 2 aromatic heterocycles. The molecule has 4 aromatic rings. The molecular formula is C21H12Cl2N4O4. The number of hydrogen-bond acceptors (Lipinski definition) is 5. The minimum Gasteiger partial charge on any atom is -0.477 e. The summed E-state index contributed by atoms with van der Waals surface area (Å²) in [4.78, 5) is 46.6. The first kappa shape index (κ1) is 20.5. The number of carbonyl (C=O) groups is 1. The van der Waals surface area contributed by atoms with Crippen LogP contribution in [-0.2, 0) is 0 Å². The number of nitrogens with one attached hydrogen (secondary N) is 1. The molecule has 8 nitrogen and oxygen atoms in total. The number of nitrogens with zero attached hydrogens (tertiary/aromatic N) is 3. The van der Waals surface area contributed by atoms with Gasteiger partial charge in [-0.15, -0.1) is 0 Å². The Bertz CT molecular complexity index is 1450. The van der Waals surface area contributed by atoms with Crippen molar-refractivity contribution in [1.82, 2.24) is 19.5 Å². The summed E-state index contributed by atoms with van der Waals surface area (Å²) in [5.74, 6) is -0.948. The molecule has 0 spiro atoms. The Morgan fingerprint density at radius 3 is 2.52 bits per heavy atom. The third-order valence-corrected chi connectivity index (χ3v) is 4.97. The number of aromatic nitrogens is 4. The van der Waals surface area contributed by atoms with Gasteiger partial charge in [0.15, 0.2) is 0 Å². The summed E-state index contributed by atoms with van der Waals surface area (Å²) < 4.78 is 1.32. The van der Waals surface area contributed by atoms with Gasteiger partial charge in [-0.25, -0.2) is 14.8 Å². The summed E-state index contributed by atoms with van der Waals surface area (Å²) >= 11 is 12.5. The fraction of sp³-hybridized carbons (Fsp3) is 0. The maximum Gasteiger partial charge on any atom is 0.342 e. The van der Waals surface area contributed by atoms with Gasteiger partial charge >= 0.3 is 5.97 Å². The average molecular weight is 455 g/mol. The zero-order valence-corrected chi connectivity index (χ0v) is 17.1. The van der Waals surface area contributed by atoms with Gasteiger partial charge in [0.05, 0.1) is 10.7 Å². The molecule has 2 heterocycles. The lowest BCUT2D eigenvalue weighted by atomic mass is 10.1. The van der Waals surface area contributed by atoms with Crippen LogP contribution in [0.2, 0.25) is 10.0 Å². The van der Waals surface area contributed by atoms with Crippen LogP contribution in [-0.4, -0.2) is 30.6 Å². The summed E-state index contributed by atoms with van der Waals surface area (Å²) in [6.07, 6.45) is 2.36. The van der Waals surface area contributed by atoms with E-state index < -0.39 is 17.1 Å². The molecule has 0 saturated heterocycles. The van der Waals surface area contributed by atoms with E-state index in [4.69, 9.17) is 28.3 Å². The van der Waals surface area contributed by atoms with E-state index in [1.807, 2.05) is 0 Å². The number of H-pyrrole nitrogens is 1. The predicted molar refractivity (Wildman–Crippen MR) is 116 cm³/mol. The molecule has 4 rings (SSSR count). The number of aromatic carboxylic acids is 1. The Kier molecular flexibility index (Phi) is 5.41. The minimum atomic E-state index is -1.38. The zero-order valence-electron chi connectivity index (χ0n) is 15.5. The molecule has 0 aliphatic rings. The van der Waals surface area contributed by atoms with Crippen molar-refractivity contribution in [2.75, 3.05) is 0 Å². The van der Waals surface area contributed by atoms with Gasteiger partial charge in [0.1, 0.15) is 17.2 Å². The molecule has 2 aromatic carbocycles. The third-order valence-electron chi connectivity index (χ3n) is 4.42. The number of carboxylic acids is 1.